The molecule has 6 heteroatoms. The highest BCUT2D eigenvalue weighted by Crippen LogP contribution is 2.13. The molecular formula is C17H16FNO4. The summed E-state index contributed by atoms with van der Waals surface area (Å²) >= 11 is 0. The summed E-state index contributed by atoms with van der Waals surface area (Å²) in [6.45, 7) is 1.08. The molecule has 0 aliphatic carbocycles. The number of carbonyl (C=O) groups is 2. The molecule has 2 aromatic carbocycles. The monoisotopic (exact) mass is 317 g/mol. The molecule has 0 heterocycles. The van der Waals surface area contributed by atoms with Crippen LogP contribution in [0.25, 0.3) is 0 Å². The van der Waals surface area contributed by atoms with E-state index < -0.39 is 30.4 Å². The van der Waals surface area contributed by atoms with Gasteiger partial charge in [-0.25, -0.2) is 9.18 Å². The van der Waals surface area contributed by atoms with Crippen LogP contribution in [0.5, 0.6) is 5.75 Å². The molecule has 1 atom stereocenters. The van der Waals surface area contributed by atoms with Gasteiger partial charge in [0, 0.05) is 5.69 Å². The van der Waals surface area contributed by atoms with Crippen LogP contribution in [0.3, 0.4) is 0 Å². The lowest BCUT2D eigenvalue weighted by atomic mass is 10.3. The third kappa shape index (κ3) is 5.43. The van der Waals surface area contributed by atoms with E-state index in [1.54, 1.807) is 24.3 Å². The Bertz CT molecular complexity index is 658. The first kappa shape index (κ1) is 16.5. The van der Waals surface area contributed by atoms with Gasteiger partial charge in [0.05, 0.1) is 0 Å². The van der Waals surface area contributed by atoms with Crippen LogP contribution >= 0.6 is 0 Å². The molecule has 120 valence electrons. The number of anilines is 1. The number of para-hydroxylation sites is 1. The maximum Gasteiger partial charge on any atom is 0.347 e. The Kier molecular flexibility index (Phi) is 5.68. The summed E-state index contributed by atoms with van der Waals surface area (Å²) in [6.07, 6.45) is -0.912. The second kappa shape index (κ2) is 7.93. The molecule has 0 bridgehead atoms. The number of ether oxygens (including phenoxy) is 2. The van der Waals surface area contributed by atoms with Gasteiger partial charge in [0.25, 0.3) is 5.91 Å². The van der Waals surface area contributed by atoms with Gasteiger partial charge in [-0.2, -0.15) is 0 Å². The number of benzene rings is 2. The Morgan fingerprint density at radius 2 is 1.74 bits per heavy atom. The Morgan fingerprint density at radius 1 is 1.09 bits per heavy atom. The van der Waals surface area contributed by atoms with Gasteiger partial charge in [-0.15, -0.1) is 0 Å². The van der Waals surface area contributed by atoms with Crippen molar-refractivity contribution in [1.29, 1.82) is 0 Å². The third-order valence-corrected chi connectivity index (χ3v) is 2.86. The highest BCUT2D eigenvalue weighted by atomic mass is 19.1. The SMILES string of the molecule is C[C@@H](Oc1ccc(F)cc1)C(=O)OCC(=O)Nc1ccccc1. The fraction of sp³-hybridized carbons (Fsp3) is 0.176. The maximum atomic E-state index is 12.8. The van der Waals surface area contributed by atoms with Gasteiger partial charge in [0.2, 0.25) is 0 Å². The molecule has 0 radical (unpaired) electrons. The molecule has 0 aromatic heterocycles. The van der Waals surface area contributed by atoms with Crippen molar-refractivity contribution in [3.8, 4) is 5.75 Å². The van der Waals surface area contributed by atoms with Crippen LogP contribution in [-0.2, 0) is 14.3 Å². The molecule has 1 N–H and O–H groups in total. The van der Waals surface area contributed by atoms with Crippen molar-refractivity contribution in [2.45, 2.75) is 13.0 Å². The van der Waals surface area contributed by atoms with Crippen molar-refractivity contribution in [2.24, 2.45) is 0 Å². The minimum absolute atomic E-state index is 0.338. The number of halogens is 1. The number of rotatable bonds is 6. The summed E-state index contributed by atoms with van der Waals surface area (Å²) in [4.78, 5) is 23.4. The average molecular weight is 317 g/mol. The van der Waals surface area contributed by atoms with E-state index in [-0.39, 0.29) is 0 Å². The zero-order valence-corrected chi connectivity index (χ0v) is 12.5. The average Bonchev–Trinajstić information content (AvgIpc) is 2.55. The fourth-order valence-corrected chi connectivity index (χ4v) is 1.74. The third-order valence-electron chi connectivity index (χ3n) is 2.86. The van der Waals surface area contributed by atoms with Crippen LogP contribution in [0, 0.1) is 5.82 Å². The number of amides is 1. The molecule has 0 saturated heterocycles. The zero-order chi connectivity index (χ0) is 16.7. The molecule has 0 aliphatic rings. The van der Waals surface area contributed by atoms with Gasteiger partial charge < -0.3 is 14.8 Å². The number of esters is 1. The van der Waals surface area contributed by atoms with Crippen LogP contribution < -0.4 is 10.1 Å². The molecule has 2 aromatic rings. The molecular weight excluding hydrogens is 301 g/mol. The van der Waals surface area contributed by atoms with Crippen LogP contribution in [0.4, 0.5) is 10.1 Å². The quantitative estimate of drug-likeness (QED) is 0.832. The summed E-state index contributed by atoms with van der Waals surface area (Å²) in [7, 11) is 0. The maximum absolute atomic E-state index is 12.8. The lowest BCUT2D eigenvalue weighted by Crippen LogP contribution is -2.29. The van der Waals surface area contributed by atoms with Gasteiger partial charge in [-0.1, -0.05) is 18.2 Å². The van der Waals surface area contributed by atoms with Crippen molar-refractivity contribution in [3.05, 3.63) is 60.4 Å². The van der Waals surface area contributed by atoms with E-state index in [0.29, 0.717) is 11.4 Å². The number of carbonyl (C=O) groups excluding carboxylic acids is 2. The van der Waals surface area contributed by atoms with E-state index in [2.05, 4.69) is 5.32 Å². The molecule has 0 fully saturated rings. The summed E-state index contributed by atoms with van der Waals surface area (Å²) in [5, 5.41) is 2.59. The zero-order valence-electron chi connectivity index (χ0n) is 12.5. The molecule has 0 aliphatic heterocycles. The lowest BCUT2D eigenvalue weighted by molar-refractivity contribution is -0.153. The fourth-order valence-electron chi connectivity index (χ4n) is 1.74. The molecule has 5 nitrogen and oxygen atoms in total. The number of hydrogen-bond acceptors (Lipinski definition) is 4. The standard InChI is InChI=1S/C17H16FNO4/c1-12(23-15-9-7-13(18)8-10-15)17(21)22-11-16(20)19-14-5-3-2-4-6-14/h2-10,12H,11H2,1H3,(H,19,20)/t12-/m1/s1. The summed E-state index contributed by atoms with van der Waals surface area (Å²) < 4.78 is 23.0. The van der Waals surface area contributed by atoms with Gasteiger partial charge >= 0.3 is 5.97 Å². The van der Waals surface area contributed by atoms with Crippen molar-refractivity contribution in [1.82, 2.24) is 0 Å². The minimum Gasteiger partial charge on any atom is -0.479 e. The number of nitrogens with one attached hydrogen (secondary N) is 1. The predicted octanol–water partition coefficient (Wildman–Crippen LogP) is 2.77. The smallest absolute Gasteiger partial charge is 0.347 e. The van der Waals surface area contributed by atoms with Crippen LogP contribution in [0.15, 0.2) is 54.6 Å². The molecule has 2 rings (SSSR count). The van der Waals surface area contributed by atoms with Gasteiger partial charge in [0.1, 0.15) is 11.6 Å². The van der Waals surface area contributed by atoms with Crippen LogP contribution in [0.1, 0.15) is 6.92 Å². The van der Waals surface area contributed by atoms with Gasteiger partial charge in [-0.3, -0.25) is 4.79 Å². The summed E-state index contributed by atoms with van der Waals surface area (Å²) in [5.41, 5.74) is 0.615. The lowest BCUT2D eigenvalue weighted by Gasteiger charge is -2.14. The summed E-state index contributed by atoms with van der Waals surface area (Å²) in [5.74, 6) is -1.19. The van der Waals surface area contributed by atoms with E-state index in [0.717, 1.165) is 0 Å². The van der Waals surface area contributed by atoms with E-state index >= 15 is 0 Å². The normalized spacial score (nSPS) is 11.4. The number of hydrogen-bond donors (Lipinski definition) is 1. The Balaban J connectivity index is 1.77. The second-order valence-corrected chi connectivity index (χ2v) is 4.74. The molecule has 23 heavy (non-hydrogen) atoms. The highest BCUT2D eigenvalue weighted by molar-refractivity contribution is 5.93. The van der Waals surface area contributed by atoms with Crippen LogP contribution in [0.2, 0.25) is 0 Å². The van der Waals surface area contributed by atoms with E-state index in [4.69, 9.17) is 9.47 Å². The molecule has 0 spiro atoms. The first-order valence-electron chi connectivity index (χ1n) is 6.98. The van der Waals surface area contributed by atoms with Crippen molar-refractivity contribution in [2.75, 3.05) is 11.9 Å². The predicted molar refractivity (Wildman–Crippen MR) is 82.5 cm³/mol. The minimum atomic E-state index is -0.912. The van der Waals surface area contributed by atoms with Crippen molar-refractivity contribution >= 4 is 17.6 Å². The van der Waals surface area contributed by atoms with E-state index in [1.165, 1.54) is 31.2 Å². The van der Waals surface area contributed by atoms with E-state index in [1.807, 2.05) is 6.07 Å². The topological polar surface area (TPSA) is 64.6 Å². The first-order valence-corrected chi connectivity index (χ1v) is 6.98. The van der Waals surface area contributed by atoms with Crippen molar-refractivity contribution < 1.29 is 23.5 Å². The molecule has 1 amide bonds. The van der Waals surface area contributed by atoms with Gasteiger partial charge in [0.15, 0.2) is 12.7 Å². The Hall–Kier alpha value is -2.89. The highest BCUT2D eigenvalue weighted by Gasteiger charge is 2.17. The van der Waals surface area contributed by atoms with Crippen molar-refractivity contribution in [3.63, 3.8) is 0 Å². The van der Waals surface area contributed by atoms with Crippen LogP contribution in [-0.4, -0.2) is 24.6 Å². The van der Waals surface area contributed by atoms with E-state index in [9.17, 15) is 14.0 Å². The van der Waals surface area contributed by atoms with Gasteiger partial charge in [-0.05, 0) is 43.3 Å². The Morgan fingerprint density at radius 3 is 2.39 bits per heavy atom. The second-order valence-electron chi connectivity index (χ2n) is 4.74. The molecule has 0 unspecified atom stereocenters. The largest absolute Gasteiger partial charge is 0.479 e. The molecule has 0 saturated carbocycles. The summed E-state index contributed by atoms with van der Waals surface area (Å²) in [6, 6.07) is 14.1. The Labute approximate surface area is 133 Å². The first-order chi connectivity index (χ1) is 11.0.